The molecule has 1 heterocycles. The van der Waals surface area contributed by atoms with E-state index in [1.807, 2.05) is 0 Å². The largest absolute Gasteiger partial charge is 0.315 e. The minimum Gasteiger partial charge on any atom is -0.315 e. The third-order valence-electron chi connectivity index (χ3n) is 3.65. The molecule has 1 spiro atoms. The van der Waals surface area contributed by atoms with Crippen molar-refractivity contribution in [1.82, 2.24) is 10.2 Å². The molecule has 0 bridgehead atoms. The SMILES string of the molecule is CNC1CN(C(C)C)CC12CC2.[HH]. The third kappa shape index (κ3) is 1.17. The van der Waals surface area contributed by atoms with E-state index in [9.17, 15) is 0 Å². The van der Waals surface area contributed by atoms with Crippen molar-refractivity contribution in [2.75, 3.05) is 20.1 Å². The Labute approximate surface area is 76.8 Å². The lowest BCUT2D eigenvalue weighted by molar-refractivity contribution is 0.261. The van der Waals surface area contributed by atoms with Crippen molar-refractivity contribution < 1.29 is 1.43 Å². The summed E-state index contributed by atoms with van der Waals surface area (Å²) in [4.78, 5) is 2.61. The van der Waals surface area contributed by atoms with E-state index in [0.717, 1.165) is 12.1 Å². The molecule has 1 unspecified atom stereocenters. The number of nitrogens with one attached hydrogen (secondary N) is 1. The van der Waals surface area contributed by atoms with Gasteiger partial charge in [0.2, 0.25) is 0 Å². The van der Waals surface area contributed by atoms with Gasteiger partial charge in [0, 0.05) is 26.6 Å². The molecule has 72 valence electrons. The number of hydrogen-bond acceptors (Lipinski definition) is 2. The predicted molar refractivity (Wildman–Crippen MR) is 53.3 cm³/mol. The summed E-state index contributed by atoms with van der Waals surface area (Å²) < 4.78 is 0. The van der Waals surface area contributed by atoms with Gasteiger partial charge in [0.25, 0.3) is 0 Å². The maximum absolute atomic E-state index is 3.46. The van der Waals surface area contributed by atoms with Crippen LogP contribution < -0.4 is 5.32 Å². The zero-order valence-electron chi connectivity index (χ0n) is 8.43. The van der Waals surface area contributed by atoms with Crippen molar-refractivity contribution in [3.63, 3.8) is 0 Å². The van der Waals surface area contributed by atoms with Crippen molar-refractivity contribution in [3.8, 4) is 0 Å². The second-order valence-corrected chi connectivity index (χ2v) is 4.73. The Morgan fingerprint density at radius 2 is 2.17 bits per heavy atom. The molecular formula is C10H22N2. The first-order chi connectivity index (χ1) is 5.68. The van der Waals surface area contributed by atoms with E-state index in [4.69, 9.17) is 0 Å². The second kappa shape index (κ2) is 2.71. The Balaban J connectivity index is 0.000000845. The smallest absolute Gasteiger partial charge is 0.0260 e. The van der Waals surface area contributed by atoms with E-state index in [-0.39, 0.29) is 1.43 Å². The normalized spacial score (nSPS) is 33.5. The molecule has 0 aromatic heterocycles. The minimum absolute atomic E-state index is 0. The van der Waals surface area contributed by atoms with E-state index < -0.39 is 0 Å². The lowest BCUT2D eigenvalue weighted by Crippen LogP contribution is -2.35. The molecule has 2 aliphatic rings. The summed E-state index contributed by atoms with van der Waals surface area (Å²) >= 11 is 0. The molecule has 0 amide bonds. The van der Waals surface area contributed by atoms with Gasteiger partial charge in [-0.25, -0.2) is 0 Å². The van der Waals surface area contributed by atoms with Crippen LogP contribution in [-0.4, -0.2) is 37.1 Å². The Bertz CT molecular complexity index is 178. The first-order valence-electron chi connectivity index (χ1n) is 5.09. The van der Waals surface area contributed by atoms with Crippen molar-refractivity contribution in [2.45, 2.75) is 38.8 Å². The average molecular weight is 170 g/mol. The van der Waals surface area contributed by atoms with Crippen LogP contribution in [0.5, 0.6) is 0 Å². The molecular weight excluding hydrogens is 148 g/mol. The standard InChI is InChI=1S/C10H20N2.H2/c1-8(2)12-6-9(11-3)10(7-12)4-5-10;/h8-9,11H,4-7H2,1-3H3;1H. The minimum atomic E-state index is 0. The van der Waals surface area contributed by atoms with Gasteiger partial charge in [-0.05, 0) is 39.2 Å². The maximum atomic E-state index is 3.46. The van der Waals surface area contributed by atoms with Gasteiger partial charge >= 0.3 is 0 Å². The molecule has 2 heteroatoms. The summed E-state index contributed by atoms with van der Waals surface area (Å²) in [5.41, 5.74) is 0.680. The van der Waals surface area contributed by atoms with Gasteiger partial charge in [-0.15, -0.1) is 0 Å². The van der Waals surface area contributed by atoms with Crippen LogP contribution in [-0.2, 0) is 0 Å². The molecule has 0 aromatic carbocycles. The molecule has 1 aliphatic heterocycles. The number of likely N-dealkylation sites (tertiary alicyclic amines) is 1. The Hall–Kier alpha value is -0.0800. The number of likely N-dealkylation sites (N-methyl/N-ethyl adjacent to an activating group) is 1. The van der Waals surface area contributed by atoms with Crippen molar-refractivity contribution in [1.29, 1.82) is 0 Å². The second-order valence-electron chi connectivity index (χ2n) is 4.73. The molecule has 2 fully saturated rings. The topological polar surface area (TPSA) is 15.3 Å². The van der Waals surface area contributed by atoms with Gasteiger partial charge in [-0.1, -0.05) is 0 Å². The zero-order chi connectivity index (χ0) is 8.77. The van der Waals surface area contributed by atoms with Crippen molar-refractivity contribution in [2.24, 2.45) is 5.41 Å². The highest BCUT2D eigenvalue weighted by atomic mass is 15.2. The molecule has 2 nitrogen and oxygen atoms in total. The first-order valence-corrected chi connectivity index (χ1v) is 5.09. The van der Waals surface area contributed by atoms with Gasteiger partial charge in [-0.3, -0.25) is 4.90 Å². The van der Waals surface area contributed by atoms with Crippen LogP contribution >= 0.6 is 0 Å². The highest BCUT2D eigenvalue weighted by molar-refractivity contribution is 5.09. The zero-order valence-corrected chi connectivity index (χ0v) is 8.43. The average Bonchev–Trinajstić information content (AvgIpc) is 2.64. The van der Waals surface area contributed by atoms with Crippen LogP contribution in [0.25, 0.3) is 0 Å². The Morgan fingerprint density at radius 1 is 1.50 bits per heavy atom. The number of rotatable bonds is 2. The van der Waals surface area contributed by atoms with Gasteiger partial charge in [-0.2, -0.15) is 0 Å². The van der Waals surface area contributed by atoms with Crippen molar-refractivity contribution >= 4 is 0 Å². The molecule has 1 N–H and O–H groups in total. The summed E-state index contributed by atoms with van der Waals surface area (Å²) in [6.07, 6.45) is 2.89. The predicted octanol–water partition coefficient (Wildman–Crippen LogP) is 1.32. The van der Waals surface area contributed by atoms with Crippen LogP contribution in [0, 0.1) is 5.41 Å². The Kier molecular flexibility index (Phi) is 1.92. The lowest BCUT2D eigenvalue weighted by Gasteiger charge is -2.19. The fourth-order valence-corrected chi connectivity index (χ4v) is 2.47. The van der Waals surface area contributed by atoms with Crippen LogP contribution in [0.3, 0.4) is 0 Å². The third-order valence-corrected chi connectivity index (χ3v) is 3.65. The first kappa shape index (κ1) is 8.52. The van der Waals surface area contributed by atoms with Gasteiger partial charge < -0.3 is 5.32 Å². The lowest BCUT2D eigenvalue weighted by atomic mass is 10.0. The highest BCUT2D eigenvalue weighted by Gasteiger charge is 2.54. The summed E-state index contributed by atoms with van der Waals surface area (Å²) in [6, 6.07) is 1.49. The van der Waals surface area contributed by atoms with E-state index in [0.29, 0.717) is 5.41 Å². The number of hydrogen-bond donors (Lipinski definition) is 1. The monoisotopic (exact) mass is 170 g/mol. The summed E-state index contributed by atoms with van der Waals surface area (Å²) in [5, 5.41) is 3.46. The molecule has 0 radical (unpaired) electrons. The van der Waals surface area contributed by atoms with Crippen LogP contribution in [0.15, 0.2) is 0 Å². The van der Waals surface area contributed by atoms with Crippen LogP contribution in [0.2, 0.25) is 0 Å². The summed E-state index contributed by atoms with van der Waals surface area (Å²) in [5.74, 6) is 0. The number of nitrogens with zero attached hydrogens (tertiary/aromatic N) is 1. The molecule has 0 aromatic rings. The highest BCUT2D eigenvalue weighted by Crippen LogP contribution is 2.52. The molecule has 2 rings (SSSR count). The van der Waals surface area contributed by atoms with Gasteiger partial charge in [0.05, 0.1) is 0 Å². The van der Waals surface area contributed by atoms with E-state index in [2.05, 4.69) is 31.1 Å². The van der Waals surface area contributed by atoms with E-state index in [1.54, 1.807) is 0 Å². The maximum Gasteiger partial charge on any atom is 0.0260 e. The van der Waals surface area contributed by atoms with E-state index in [1.165, 1.54) is 25.9 Å². The molecule has 1 saturated heterocycles. The summed E-state index contributed by atoms with van der Waals surface area (Å²) in [7, 11) is 2.11. The molecule has 1 aliphatic carbocycles. The van der Waals surface area contributed by atoms with Crippen molar-refractivity contribution in [3.05, 3.63) is 0 Å². The van der Waals surface area contributed by atoms with Gasteiger partial charge in [0.1, 0.15) is 0 Å². The fourth-order valence-electron chi connectivity index (χ4n) is 2.47. The van der Waals surface area contributed by atoms with Gasteiger partial charge in [0.15, 0.2) is 0 Å². The molecule has 1 saturated carbocycles. The molecule has 1 atom stereocenters. The summed E-state index contributed by atoms with van der Waals surface area (Å²) in [6.45, 7) is 7.19. The fraction of sp³-hybridized carbons (Fsp3) is 1.00. The van der Waals surface area contributed by atoms with Crippen LogP contribution in [0.1, 0.15) is 28.1 Å². The van der Waals surface area contributed by atoms with Crippen LogP contribution in [0.4, 0.5) is 0 Å². The van der Waals surface area contributed by atoms with E-state index >= 15 is 0 Å². The quantitative estimate of drug-likeness (QED) is 0.672. The molecule has 12 heavy (non-hydrogen) atoms. The Morgan fingerprint density at radius 3 is 2.50 bits per heavy atom.